The number of benzene rings is 1. The fourth-order valence-corrected chi connectivity index (χ4v) is 1.07. The van der Waals surface area contributed by atoms with Gasteiger partial charge in [-0.25, -0.2) is 0 Å². The summed E-state index contributed by atoms with van der Waals surface area (Å²) in [5.74, 6) is -2.14. The number of halogens is 1. The number of phenolic OH excluding ortho intramolecular Hbond substituents is 2. The molecule has 1 aromatic carbocycles. The number of phenols is 2. The molecule has 2 atom stereocenters. The molecule has 0 amide bonds. The first kappa shape index (κ1) is 14.5. The van der Waals surface area contributed by atoms with Gasteiger partial charge in [0.25, 0.3) is 0 Å². The fourth-order valence-electron chi connectivity index (χ4n) is 1.07. The molecule has 0 aliphatic heterocycles. The molecule has 90 valence electrons. The standard InChI is InChI=1S/C9H11NO5.ClH/c10-7(9(14)15)8(13)4-1-2-5(11)6(12)3-4;/h1-3,7-8,11-13H,10H2,(H,14,15);1H/t7-,8+;/m0./s1/i7+1,9+1,10+1;. The van der Waals surface area contributed by atoms with E-state index in [1.165, 1.54) is 6.07 Å². The molecular weight excluding hydrogens is 241 g/mol. The SMILES string of the molecule is Cl.[15NH2][13C@@H]([C@H](O)c1ccc(O)c(O)c1)[13C](=O)O. The highest BCUT2D eigenvalue weighted by Crippen LogP contribution is 2.28. The van der Waals surface area contributed by atoms with Gasteiger partial charge in [0.05, 0.1) is 0 Å². The second-order valence-electron chi connectivity index (χ2n) is 3.06. The van der Waals surface area contributed by atoms with Gasteiger partial charge in [-0.15, -0.1) is 12.4 Å². The summed E-state index contributed by atoms with van der Waals surface area (Å²) in [6, 6.07) is 2.00. The largest absolute Gasteiger partial charge is 0.504 e. The van der Waals surface area contributed by atoms with Gasteiger partial charge in [0.1, 0.15) is 12.1 Å². The minimum absolute atomic E-state index is 0. The minimum atomic E-state index is -1.48. The zero-order chi connectivity index (χ0) is 11.6. The summed E-state index contributed by atoms with van der Waals surface area (Å²) >= 11 is 0. The van der Waals surface area contributed by atoms with Crippen LogP contribution < -0.4 is 5.73 Å². The quantitative estimate of drug-likeness (QED) is 0.292. The molecule has 0 aliphatic rings. The van der Waals surface area contributed by atoms with Gasteiger partial charge in [-0.1, -0.05) is 6.07 Å². The Labute approximate surface area is 97.4 Å². The second kappa shape index (κ2) is 5.55. The van der Waals surface area contributed by atoms with Crippen LogP contribution in [0.5, 0.6) is 11.5 Å². The van der Waals surface area contributed by atoms with Crippen LogP contribution >= 0.6 is 12.4 Å². The van der Waals surface area contributed by atoms with Crippen molar-refractivity contribution in [2.24, 2.45) is 5.73 Å². The van der Waals surface area contributed by atoms with E-state index >= 15 is 0 Å². The van der Waals surface area contributed by atoms with Gasteiger partial charge in [0, 0.05) is 0 Å². The molecule has 0 spiro atoms. The number of hydrogen-bond acceptors (Lipinski definition) is 5. The molecule has 0 saturated heterocycles. The maximum absolute atomic E-state index is 10.5. The highest BCUT2D eigenvalue weighted by molar-refractivity contribution is 5.85. The van der Waals surface area contributed by atoms with Crippen LogP contribution in [0.25, 0.3) is 0 Å². The molecular formula is C9H12ClNO5. The van der Waals surface area contributed by atoms with Gasteiger partial charge < -0.3 is 26.2 Å². The first-order chi connectivity index (χ1) is 6.93. The lowest BCUT2D eigenvalue weighted by molar-refractivity contribution is -0.141. The van der Waals surface area contributed by atoms with Crippen LogP contribution in [0.2, 0.25) is 0 Å². The average Bonchev–Trinajstić information content (AvgIpc) is 2.19. The zero-order valence-corrected chi connectivity index (χ0v) is 8.89. The van der Waals surface area contributed by atoms with Gasteiger partial charge in [-0.05, 0) is 17.7 Å². The van der Waals surface area contributed by atoms with Crippen molar-refractivity contribution < 1.29 is 25.2 Å². The van der Waals surface area contributed by atoms with Crippen LogP contribution in [0.4, 0.5) is 0 Å². The number of aromatic hydroxyl groups is 2. The van der Waals surface area contributed by atoms with Crippen LogP contribution in [0.15, 0.2) is 18.2 Å². The summed E-state index contributed by atoms with van der Waals surface area (Å²) in [6.45, 7) is 0. The lowest BCUT2D eigenvalue weighted by Crippen LogP contribution is -2.36. The third-order valence-corrected chi connectivity index (χ3v) is 1.97. The molecule has 0 saturated carbocycles. The molecule has 0 fully saturated rings. The van der Waals surface area contributed by atoms with Crippen molar-refractivity contribution in [3.63, 3.8) is 0 Å². The van der Waals surface area contributed by atoms with E-state index in [1.807, 2.05) is 0 Å². The smallest absolute Gasteiger partial charge is 0.323 e. The van der Waals surface area contributed by atoms with Crippen LogP contribution in [0.1, 0.15) is 11.7 Å². The lowest BCUT2D eigenvalue weighted by Gasteiger charge is -2.15. The number of rotatable bonds is 3. The van der Waals surface area contributed by atoms with Gasteiger partial charge in [-0.2, -0.15) is 0 Å². The third-order valence-electron chi connectivity index (χ3n) is 1.97. The molecule has 0 aliphatic carbocycles. The number of aliphatic carboxylic acids is 1. The highest BCUT2D eigenvalue weighted by atomic mass is 35.5. The number of aliphatic hydroxyl groups excluding tert-OH is 1. The van der Waals surface area contributed by atoms with Crippen molar-refractivity contribution in [1.82, 2.24) is 0 Å². The van der Waals surface area contributed by atoms with E-state index in [9.17, 15) is 9.90 Å². The monoisotopic (exact) mass is 252 g/mol. The summed E-state index contributed by atoms with van der Waals surface area (Å²) in [6.07, 6.45) is -1.44. The van der Waals surface area contributed by atoms with Gasteiger partial charge in [0.15, 0.2) is 11.5 Å². The van der Waals surface area contributed by atoms with Gasteiger partial charge in [-0.3, -0.25) is 4.79 Å². The zero-order valence-electron chi connectivity index (χ0n) is 8.07. The van der Waals surface area contributed by atoms with Crippen LogP contribution in [-0.4, -0.2) is 32.4 Å². The predicted octanol–water partition coefficient (Wildman–Crippen LogP) is -0.0351. The Morgan fingerprint density at radius 1 is 1.25 bits per heavy atom. The van der Waals surface area contributed by atoms with E-state index < -0.39 is 23.9 Å². The van der Waals surface area contributed by atoms with E-state index in [4.69, 9.17) is 21.1 Å². The second-order valence-corrected chi connectivity index (χ2v) is 3.06. The predicted molar refractivity (Wildman–Crippen MR) is 57.6 cm³/mol. The molecule has 0 aromatic heterocycles. The van der Waals surface area contributed by atoms with Gasteiger partial charge >= 0.3 is 5.97 Å². The van der Waals surface area contributed by atoms with E-state index in [2.05, 4.69) is 0 Å². The molecule has 7 heteroatoms. The van der Waals surface area contributed by atoms with Crippen LogP contribution in [0.3, 0.4) is 0 Å². The number of hydrogen-bond donors (Lipinski definition) is 5. The first-order valence-electron chi connectivity index (χ1n) is 4.12. The Hall–Kier alpha value is -1.50. The number of carboxylic acid groups (broad SMARTS) is 1. The maximum Gasteiger partial charge on any atom is 0.323 e. The van der Waals surface area contributed by atoms with Crippen molar-refractivity contribution in [3.8, 4) is 11.5 Å². The van der Waals surface area contributed by atoms with E-state index in [0.29, 0.717) is 0 Å². The number of aliphatic hydroxyl groups is 1. The summed E-state index contributed by atoms with van der Waals surface area (Å²) in [5, 5.41) is 36.1. The maximum atomic E-state index is 10.5. The molecule has 0 heterocycles. The first-order valence-corrected chi connectivity index (χ1v) is 4.12. The van der Waals surface area contributed by atoms with E-state index in [-0.39, 0.29) is 23.7 Å². The van der Waals surface area contributed by atoms with Crippen molar-refractivity contribution in [2.75, 3.05) is 0 Å². The Morgan fingerprint density at radius 3 is 2.25 bits per heavy atom. The summed E-state index contributed by atoms with van der Waals surface area (Å²) in [4.78, 5) is 10.5. The third kappa shape index (κ3) is 2.99. The summed E-state index contributed by atoms with van der Waals surface area (Å²) in [7, 11) is 0. The Balaban J connectivity index is 0.00000225. The Bertz CT molecular complexity index is 384. The molecule has 6 nitrogen and oxygen atoms in total. The highest BCUT2D eigenvalue weighted by Gasteiger charge is 2.24. The van der Waals surface area contributed by atoms with Crippen LogP contribution in [-0.2, 0) is 4.79 Å². The normalized spacial score (nSPS) is 13.6. The van der Waals surface area contributed by atoms with Crippen molar-refractivity contribution in [2.45, 2.75) is 12.1 Å². The summed E-state index contributed by atoms with van der Waals surface area (Å²) in [5.41, 5.74) is 5.31. The molecule has 1 rings (SSSR count). The minimum Gasteiger partial charge on any atom is -0.504 e. The van der Waals surface area contributed by atoms with Gasteiger partial charge in [0.2, 0.25) is 0 Å². The fraction of sp³-hybridized carbons (Fsp3) is 0.222. The number of carbonyl (C=O) groups is 1. The van der Waals surface area contributed by atoms with Crippen molar-refractivity contribution in [3.05, 3.63) is 23.8 Å². The molecule has 6 N–H and O–H groups in total. The molecule has 1 aromatic rings. The Kier molecular flexibility index (Phi) is 5.03. The molecule has 0 unspecified atom stereocenters. The van der Waals surface area contributed by atoms with E-state index in [0.717, 1.165) is 12.1 Å². The van der Waals surface area contributed by atoms with Crippen LogP contribution in [0, 0.1) is 0 Å². The van der Waals surface area contributed by atoms with Crippen molar-refractivity contribution in [1.29, 1.82) is 0 Å². The Morgan fingerprint density at radius 2 is 1.81 bits per heavy atom. The molecule has 16 heavy (non-hydrogen) atoms. The van der Waals surface area contributed by atoms with E-state index in [1.54, 1.807) is 0 Å². The number of nitrogens with two attached hydrogens (primary N) is 1. The average molecular weight is 253 g/mol. The number of carboxylic acids is 1. The summed E-state index contributed by atoms with van der Waals surface area (Å²) < 4.78 is 0. The topological polar surface area (TPSA) is 124 Å². The lowest BCUT2D eigenvalue weighted by atomic mass is 10.1. The molecule has 0 radical (unpaired) electrons. The molecule has 0 bridgehead atoms. The van der Waals surface area contributed by atoms with Crippen molar-refractivity contribution >= 4 is 18.4 Å².